The van der Waals surface area contributed by atoms with E-state index in [0.29, 0.717) is 0 Å². The van der Waals surface area contributed by atoms with E-state index in [1.54, 1.807) is 0 Å². The molecule has 0 aliphatic heterocycles. The highest BCUT2D eigenvalue weighted by atomic mass is 15.1. The second kappa shape index (κ2) is 16.3. The molecule has 0 fully saturated rings. The van der Waals surface area contributed by atoms with E-state index in [-0.39, 0.29) is 37.9 Å². The average Bonchev–Trinajstić information content (AvgIpc) is 3.81. The average molecular weight is 970 g/mol. The Kier molecular flexibility index (Phi) is 10.9. The fourth-order valence-electron chi connectivity index (χ4n) is 12.7. The zero-order chi connectivity index (χ0) is 53.0. The van der Waals surface area contributed by atoms with E-state index in [1.807, 2.05) is 0 Å². The summed E-state index contributed by atoms with van der Waals surface area (Å²) >= 11 is 0. The first-order valence-electron chi connectivity index (χ1n) is 27.4. The van der Waals surface area contributed by atoms with Gasteiger partial charge in [0.2, 0.25) is 0 Å². The van der Waals surface area contributed by atoms with Gasteiger partial charge >= 0.3 is 0 Å². The Bertz CT molecular complexity index is 3450. The van der Waals surface area contributed by atoms with E-state index >= 15 is 0 Å². The summed E-state index contributed by atoms with van der Waals surface area (Å²) in [5, 5.41) is 0. The lowest BCUT2D eigenvalue weighted by Crippen LogP contribution is -2.18. The molecule has 1 nitrogen and oxygen atoms in total. The summed E-state index contributed by atoms with van der Waals surface area (Å²) in [6.07, 6.45) is 0. The van der Waals surface area contributed by atoms with Gasteiger partial charge in [-0.05, 0) is 188 Å². The molecular formula is C73H79N. The number of hydrogen-bond donors (Lipinski definition) is 0. The number of hydrogen-bond acceptors (Lipinski definition) is 1. The molecule has 0 atom stereocenters. The molecule has 0 aromatic heterocycles. The Morgan fingerprint density at radius 3 is 0.878 bits per heavy atom. The molecule has 11 rings (SSSR count). The first-order chi connectivity index (χ1) is 34.4. The minimum absolute atomic E-state index is 0.0242. The van der Waals surface area contributed by atoms with E-state index < -0.39 is 0 Å². The molecule has 3 aliphatic rings. The molecule has 376 valence electrons. The van der Waals surface area contributed by atoms with Crippen molar-refractivity contribution < 1.29 is 0 Å². The zero-order valence-corrected chi connectivity index (χ0v) is 47.9. The summed E-state index contributed by atoms with van der Waals surface area (Å²) < 4.78 is 0. The van der Waals surface area contributed by atoms with Gasteiger partial charge in [0.15, 0.2) is 0 Å². The number of anilines is 3. The number of benzene rings is 8. The van der Waals surface area contributed by atoms with Crippen LogP contribution < -0.4 is 4.90 Å². The highest BCUT2D eigenvalue weighted by molar-refractivity contribution is 5.91. The summed E-state index contributed by atoms with van der Waals surface area (Å²) in [5.41, 5.74) is 30.0. The van der Waals surface area contributed by atoms with E-state index in [9.17, 15) is 0 Å². The summed E-state index contributed by atoms with van der Waals surface area (Å²) in [5.74, 6) is 0. The van der Waals surface area contributed by atoms with Crippen LogP contribution in [0.3, 0.4) is 0 Å². The Labute approximate surface area is 445 Å². The van der Waals surface area contributed by atoms with Crippen molar-refractivity contribution in [3.8, 4) is 55.6 Å². The molecule has 74 heavy (non-hydrogen) atoms. The van der Waals surface area contributed by atoms with Crippen molar-refractivity contribution in [2.24, 2.45) is 0 Å². The van der Waals surface area contributed by atoms with Crippen LogP contribution in [0.4, 0.5) is 17.1 Å². The third-order valence-electron chi connectivity index (χ3n) is 17.7. The van der Waals surface area contributed by atoms with Crippen molar-refractivity contribution in [3.63, 3.8) is 0 Å². The Morgan fingerprint density at radius 2 is 0.527 bits per heavy atom. The maximum atomic E-state index is 2.53. The van der Waals surface area contributed by atoms with E-state index in [1.165, 1.54) is 111 Å². The molecule has 0 amide bonds. The molecule has 0 N–H and O–H groups in total. The van der Waals surface area contributed by atoms with Gasteiger partial charge in [-0.2, -0.15) is 0 Å². The maximum absolute atomic E-state index is 2.53. The number of rotatable bonds is 5. The Hall–Kier alpha value is -6.44. The van der Waals surface area contributed by atoms with Crippen molar-refractivity contribution in [1.82, 2.24) is 0 Å². The molecule has 0 heterocycles. The van der Waals surface area contributed by atoms with Crippen molar-refractivity contribution >= 4 is 17.1 Å². The largest absolute Gasteiger partial charge is 0.310 e. The van der Waals surface area contributed by atoms with Crippen LogP contribution in [0.15, 0.2) is 152 Å². The Morgan fingerprint density at radius 1 is 0.243 bits per heavy atom. The normalized spacial score (nSPS) is 15.8. The summed E-state index contributed by atoms with van der Waals surface area (Å²) in [6, 6.07) is 60.2. The summed E-state index contributed by atoms with van der Waals surface area (Å²) in [4.78, 5) is 2.53. The van der Waals surface area contributed by atoms with E-state index in [0.717, 1.165) is 17.1 Å². The van der Waals surface area contributed by atoms with Crippen molar-refractivity contribution in [2.45, 2.75) is 163 Å². The van der Waals surface area contributed by atoms with Gasteiger partial charge in [-0.3, -0.25) is 0 Å². The molecule has 1 heteroatoms. The van der Waals surface area contributed by atoms with Crippen LogP contribution in [0.1, 0.15) is 180 Å². The third kappa shape index (κ3) is 7.94. The Balaban J connectivity index is 1.12. The minimum Gasteiger partial charge on any atom is -0.310 e. The summed E-state index contributed by atoms with van der Waals surface area (Å²) in [7, 11) is 0. The van der Waals surface area contributed by atoms with Gasteiger partial charge in [0.1, 0.15) is 0 Å². The quantitative estimate of drug-likeness (QED) is 0.166. The van der Waals surface area contributed by atoms with Gasteiger partial charge in [-0.1, -0.05) is 222 Å². The molecule has 0 unspecified atom stereocenters. The lowest BCUT2D eigenvalue weighted by atomic mass is 9.78. The first kappa shape index (κ1) is 49.8. The topological polar surface area (TPSA) is 3.24 Å². The molecule has 3 aliphatic carbocycles. The third-order valence-corrected chi connectivity index (χ3v) is 17.7. The van der Waals surface area contributed by atoms with Gasteiger partial charge in [-0.25, -0.2) is 0 Å². The highest BCUT2D eigenvalue weighted by Gasteiger charge is 2.40. The lowest BCUT2D eigenvalue weighted by Gasteiger charge is -2.30. The fraction of sp³-hybridized carbons (Fsp3) is 0.342. The van der Waals surface area contributed by atoms with Crippen LogP contribution in [0.5, 0.6) is 0 Å². The SMILES string of the molecule is CC(C)(C)c1ccc(N(c2cc(-c3ccc4c(c3)C(C)(C)c3cc(C(C)(C)C)ccc3-4)cc(-c3ccc4c(c3)C(C)(C)c3cc(C(C)(C)C)ccc3-4)c2)c2ccc3c(c2)C(C)(C)c2cc(C(C)(C)C)ccc2-3)cc1. The molecule has 8 aromatic rings. The van der Waals surface area contributed by atoms with Gasteiger partial charge in [0.05, 0.1) is 0 Å². The van der Waals surface area contributed by atoms with Crippen LogP contribution in [-0.4, -0.2) is 0 Å². The monoisotopic (exact) mass is 970 g/mol. The van der Waals surface area contributed by atoms with Crippen LogP contribution in [-0.2, 0) is 37.9 Å². The fourth-order valence-corrected chi connectivity index (χ4v) is 12.7. The zero-order valence-electron chi connectivity index (χ0n) is 47.9. The second-order valence-electron chi connectivity index (χ2n) is 28.1. The summed E-state index contributed by atoms with van der Waals surface area (Å²) in [6.45, 7) is 42.4. The van der Waals surface area contributed by atoms with Crippen molar-refractivity contribution in [3.05, 3.63) is 207 Å². The minimum atomic E-state index is -0.179. The second-order valence-corrected chi connectivity index (χ2v) is 28.1. The smallest absolute Gasteiger partial charge is 0.0473 e. The molecule has 0 radical (unpaired) electrons. The molecule has 8 aromatic carbocycles. The van der Waals surface area contributed by atoms with Crippen molar-refractivity contribution in [2.75, 3.05) is 4.90 Å². The van der Waals surface area contributed by atoms with Crippen LogP contribution in [0.2, 0.25) is 0 Å². The predicted octanol–water partition coefficient (Wildman–Crippen LogP) is 20.6. The van der Waals surface area contributed by atoms with Gasteiger partial charge in [0.25, 0.3) is 0 Å². The number of fused-ring (bicyclic) bond motifs is 9. The predicted molar refractivity (Wildman–Crippen MR) is 319 cm³/mol. The van der Waals surface area contributed by atoms with Crippen LogP contribution in [0.25, 0.3) is 55.6 Å². The molecule has 0 saturated carbocycles. The lowest BCUT2D eigenvalue weighted by molar-refractivity contribution is 0.584. The number of nitrogens with zero attached hydrogens (tertiary/aromatic N) is 1. The molecule has 0 bridgehead atoms. The first-order valence-corrected chi connectivity index (χ1v) is 27.4. The van der Waals surface area contributed by atoms with Crippen LogP contribution >= 0.6 is 0 Å². The maximum Gasteiger partial charge on any atom is 0.0473 e. The standard InChI is InChI=1S/C73H79N/c1-67(2,3)48-21-26-52(27-22-48)74(53-28-34-60-59-33-25-51(70(10,11)12)42-65(59)73(17,18)66(60)43-53)54-36-46(44-19-29-55-57-31-23-49(68(4,5)6)40-63(57)71(13,14)61(55)38-44)35-47(37-54)45-20-30-56-58-32-24-50(69(7,8)9)41-64(58)72(15,16)62(56)39-45/h19-43H,1-18H3. The van der Waals surface area contributed by atoms with Gasteiger partial charge in [0, 0.05) is 33.3 Å². The molecule has 0 saturated heterocycles. The highest BCUT2D eigenvalue weighted by Crippen LogP contribution is 2.55. The van der Waals surface area contributed by atoms with E-state index in [2.05, 4.69) is 281 Å². The van der Waals surface area contributed by atoms with E-state index in [4.69, 9.17) is 0 Å². The van der Waals surface area contributed by atoms with Crippen molar-refractivity contribution in [1.29, 1.82) is 0 Å². The van der Waals surface area contributed by atoms with Gasteiger partial charge < -0.3 is 4.90 Å². The molecular weight excluding hydrogens is 891 g/mol. The van der Waals surface area contributed by atoms with Crippen LogP contribution in [0, 0.1) is 0 Å². The van der Waals surface area contributed by atoms with Gasteiger partial charge in [-0.15, -0.1) is 0 Å². The molecule has 0 spiro atoms.